The van der Waals surface area contributed by atoms with Crippen LogP contribution in [0.5, 0.6) is 0 Å². The van der Waals surface area contributed by atoms with Gasteiger partial charge in [0.25, 0.3) is 11.1 Å². The molecule has 2 aromatic heterocycles. The van der Waals surface area contributed by atoms with Crippen LogP contribution in [-0.2, 0) is 22.6 Å². The summed E-state index contributed by atoms with van der Waals surface area (Å²) in [4.78, 5) is 38.9. The summed E-state index contributed by atoms with van der Waals surface area (Å²) in [6.45, 7) is 0.656. The van der Waals surface area contributed by atoms with E-state index in [4.69, 9.17) is 9.15 Å². The lowest BCUT2D eigenvalue weighted by molar-refractivity contribution is -0.133. The van der Waals surface area contributed by atoms with Gasteiger partial charge in [0.15, 0.2) is 0 Å². The Morgan fingerprint density at radius 3 is 2.65 bits per heavy atom. The topological polar surface area (TPSA) is 97.5 Å². The number of hydrogen-bond donors (Lipinski definition) is 1. The predicted octanol–water partition coefficient (Wildman–Crippen LogP) is 0.958. The molecule has 0 radical (unpaired) electrons. The summed E-state index contributed by atoms with van der Waals surface area (Å²) in [7, 11) is 1.54. The van der Waals surface area contributed by atoms with E-state index in [1.807, 2.05) is 0 Å². The number of benzene rings is 1. The number of nitrogens with one attached hydrogen (secondary N) is 1. The Bertz CT molecular complexity index is 1000. The maximum Gasteiger partial charge on any atom is 0.273 e. The van der Waals surface area contributed by atoms with E-state index in [0.29, 0.717) is 24.3 Å². The minimum absolute atomic E-state index is 0.252. The lowest BCUT2D eigenvalue weighted by atomic mass is 10.2. The van der Waals surface area contributed by atoms with E-state index < -0.39 is 11.1 Å². The average molecular weight is 357 g/mol. The van der Waals surface area contributed by atoms with Gasteiger partial charge in [-0.3, -0.25) is 19.5 Å². The van der Waals surface area contributed by atoms with Crippen LogP contribution >= 0.6 is 0 Å². The first kappa shape index (κ1) is 17.7. The Morgan fingerprint density at radius 1 is 1.19 bits per heavy atom. The number of carbonyl (C=O) groups is 1. The molecule has 0 aliphatic heterocycles. The highest BCUT2D eigenvalue weighted by atomic mass is 16.5. The van der Waals surface area contributed by atoms with Crippen LogP contribution in [-0.4, -0.2) is 40.8 Å². The molecule has 3 aromatic rings. The van der Waals surface area contributed by atoms with Crippen molar-refractivity contribution in [2.75, 3.05) is 20.3 Å². The van der Waals surface area contributed by atoms with E-state index >= 15 is 0 Å². The molecule has 1 aromatic carbocycles. The zero-order valence-corrected chi connectivity index (χ0v) is 14.3. The third-order valence-corrected chi connectivity index (χ3v) is 4.02. The monoisotopic (exact) mass is 357 g/mol. The minimum atomic E-state index is -0.418. The van der Waals surface area contributed by atoms with E-state index in [1.54, 1.807) is 43.5 Å². The first-order valence-electron chi connectivity index (χ1n) is 8.11. The van der Waals surface area contributed by atoms with Crippen molar-refractivity contribution in [3.63, 3.8) is 0 Å². The summed E-state index contributed by atoms with van der Waals surface area (Å²) in [5.74, 6) is 0.292. The molecule has 8 heteroatoms. The van der Waals surface area contributed by atoms with Gasteiger partial charge in [0, 0.05) is 13.7 Å². The average Bonchev–Trinajstić information content (AvgIpc) is 3.16. The number of aromatic nitrogens is 2. The van der Waals surface area contributed by atoms with Crippen molar-refractivity contribution in [3.8, 4) is 0 Å². The van der Waals surface area contributed by atoms with Gasteiger partial charge < -0.3 is 14.1 Å². The number of amides is 1. The summed E-state index contributed by atoms with van der Waals surface area (Å²) >= 11 is 0. The molecule has 2 heterocycles. The third kappa shape index (κ3) is 3.75. The molecule has 0 saturated carbocycles. The van der Waals surface area contributed by atoms with Crippen LogP contribution in [0.4, 0.5) is 0 Å². The van der Waals surface area contributed by atoms with Crippen LogP contribution in [0.1, 0.15) is 5.76 Å². The number of rotatable bonds is 7. The predicted molar refractivity (Wildman–Crippen MR) is 94.8 cm³/mol. The molecule has 8 nitrogen and oxygen atoms in total. The Balaban J connectivity index is 1.87. The van der Waals surface area contributed by atoms with Crippen molar-refractivity contribution in [1.29, 1.82) is 0 Å². The van der Waals surface area contributed by atoms with Gasteiger partial charge in [-0.15, -0.1) is 0 Å². The molecular weight excluding hydrogens is 338 g/mol. The van der Waals surface area contributed by atoms with Crippen molar-refractivity contribution in [3.05, 3.63) is 69.1 Å². The lowest BCUT2D eigenvalue weighted by Gasteiger charge is -2.21. The van der Waals surface area contributed by atoms with E-state index in [9.17, 15) is 14.4 Å². The second-order valence-electron chi connectivity index (χ2n) is 5.77. The number of H-pyrrole nitrogens is 1. The van der Waals surface area contributed by atoms with Crippen LogP contribution in [0.25, 0.3) is 10.8 Å². The van der Waals surface area contributed by atoms with Gasteiger partial charge in [0.2, 0.25) is 5.91 Å². The van der Waals surface area contributed by atoms with Crippen molar-refractivity contribution in [2.45, 2.75) is 13.1 Å². The molecule has 0 spiro atoms. The standard InChI is InChI=1S/C18H19N3O5/c1-25-10-8-20(11-13-5-4-9-26-13)16(22)12-21-18(24)15-7-3-2-6-14(15)17(23)19-21/h2-7,9H,8,10-12H2,1H3,(H,19,23). The largest absolute Gasteiger partial charge is 0.467 e. The quantitative estimate of drug-likeness (QED) is 0.679. The normalized spacial score (nSPS) is 11.0. The third-order valence-electron chi connectivity index (χ3n) is 4.02. The molecule has 1 amide bonds. The molecule has 26 heavy (non-hydrogen) atoms. The van der Waals surface area contributed by atoms with Gasteiger partial charge in [-0.2, -0.15) is 0 Å². The van der Waals surface area contributed by atoms with Crippen LogP contribution < -0.4 is 11.1 Å². The maximum atomic E-state index is 12.7. The van der Waals surface area contributed by atoms with Crippen LogP contribution in [0.15, 0.2) is 56.7 Å². The van der Waals surface area contributed by atoms with Gasteiger partial charge in [-0.05, 0) is 24.3 Å². The smallest absolute Gasteiger partial charge is 0.273 e. The summed E-state index contributed by atoms with van der Waals surface area (Å²) in [6.07, 6.45) is 1.53. The Labute approximate surface area is 148 Å². The highest BCUT2D eigenvalue weighted by molar-refractivity contribution is 5.81. The molecule has 1 N–H and O–H groups in total. The summed E-state index contributed by atoms with van der Waals surface area (Å²) in [5.41, 5.74) is -0.833. The molecular formula is C18H19N3O5. The number of hydrogen-bond acceptors (Lipinski definition) is 5. The van der Waals surface area contributed by atoms with Gasteiger partial charge in [0.1, 0.15) is 12.3 Å². The number of carbonyl (C=O) groups excluding carboxylic acids is 1. The zero-order valence-electron chi connectivity index (χ0n) is 14.3. The van der Waals surface area contributed by atoms with Crippen LogP contribution in [0, 0.1) is 0 Å². The summed E-state index contributed by atoms with van der Waals surface area (Å²) in [6, 6.07) is 10.00. The fourth-order valence-electron chi connectivity index (χ4n) is 2.68. The van der Waals surface area contributed by atoms with E-state index in [-0.39, 0.29) is 24.4 Å². The number of fused-ring (bicyclic) bond motifs is 1. The zero-order chi connectivity index (χ0) is 18.5. The summed E-state index contributed by atoms with van der Waals surface area (Å²) in [5, 5.41) is 3.04. The molecule has 0 bridgehead atoms. The first-order chi connectivity index (χ1) is 12.6. The SMILES string of the molecule is COCCN(Cc1ccco1)C(=O)Cn1[nH]c(=O)c2ccccc2c1=O. The van der Waals surface area contributed by atoms with Gasteiger partial charge in [0.05, 0.1) is 30.2 Å². The van der Waals surface area contributed by atoms with Gasteiger partial charge in [-0.25, -0.2) is 4.68 Å². The van der Waals surface area contributed by atoms with Crippen LogP contribution in [0.3, 0.4) is 0 Å². The van der Waals surface area contributed by atoms with E-state index in [1.165, 1.54) is 11.2 Å². The lowest BCUT2D eigenvalue weighted by Crippen LogP contribution is -2.40. The fraction of sp³-hybridized carbons (Fsp3) is 0.278. The minimum Gasteiger partial charge on any atom is -0.467 e. The van der Waals surface area contributed by atoms with Crippen molar-refractivity contribution < 1.29 is 13.9 Å². The number of ether oxygens (including phenoxy) is 1. The van der Waals surface area contributed by atoms with Gasteiger partial charge >= 0.3 is 0 Å². The Morgan fingerprint density at radius 2 is 1.96 bits per heavy atom. The van der Waals surface area contributed by atoms with Crippen LogP contribution in [0.2, 0.25) is 0 Å². The Hall–Kier alpha value is -3.13. The number of methoxy groups -OCH3 is 1. The van der Waals surface area contributed by atoms with Crippen molar-refractivity contribution >= 4 is 16.7 Å². The highest BCUT2D eigenvalue weighted by Crippen LogP contribution is 2.07. The molecule has 0 aliphatic carbocycles. The number of furan rings is 1. The Kier molecular flexibility index (Phi) is 5.33. The molecule has 0 fully saturated rings. The van der Waals surface area contributed by atoms with Crippen molar-refractivity contribution in [1.82, 2.24) is 14.7 Å². The molecule has 0 atom stereocenters. The highest BCUT2D eigenvalue weighted by Gasteiger charge is 2.17. The number of aromatic amines is 1. The molecule has 0 saturated heterocycles. The molecule has 3 rings (SSSR count). The molecule has 136 valence electrons. The van der Waals surface area contributed by atoms with Crippen molar-refractivity contribution in [2.24, 2.45) is 0 Å². The number of nitrogens with zero attached hydrogens (tertiary/aromatic N) is 2. The maximum absolute atomic E-state index is 12.7. The first-order valence-corrected chi connectivity index (χ1v) is 8.11. The second kappa shape index (κ2) is 7.83. The molecule has 0 unspecified atom stereocenters. The van der Waals surface area contributed by atoms with Gasteiger partial charge in [-0.1, -0.05) is 12.1 Å². The van der Waals surface area contributed by atoms with E-state index in [2.05, 4.69) is 5.10 Å². The summed E-state index contributed by atoms with van der Waals surface area (Å²) < 4.78 is 11.4. The fourth-order valence-corrected chi connectivity index (χ4v) is 2.68. The second-order valence-corrected chi connectivity index (χ2v) is 5.77. The molecule has 0 aliphatic rings. The van der Waals surface area contributed by atoms with E-state index in [0.717, 1.165) is 4.68 Å².